The summed E-state index contributed by atoms with van der Waals surface area (Å²) < 4.78 is 9.29. The highest BCUT2D eigenvalue weighted by Gasteiger charge is 2.13. The van der Waals surface area contributed by atoms with Crippen LogP contribution >= 0.6 is 0 Å². The van der Waals surface area contributed by atoms with Crippen LogP contribution in [0.3, 0.4) is 0 Å². The molecule has 0 amide bonds. The van der Waals surface area contributed by atoms with E-state index in [1.54, 1.807) is 13.0 Å². The van der Waals surface area contributed by atoms with Gasteiger partial charge in [-0.2, -0.15) is 0 Å². The van der Waals surface area contributed by atoms with E-state index in [2.05, 4.69) is 4.74 Å². The molecule has 0 atom stereocenters. The zero-order valence-corrected chi connectivity index (χ0v) is 7.49. The number of methoxy groups -OCH3 is 1. The molecule has 0 aromatic carbocycles. The van der Waals surface area contributed by atoms with E-state index in [0.717, 1.165) is 0 Å². The molecule has 1 aromatic rings. The van der Waals surface area contributed by atoms with Crippen LogP contribution in [-0.2, 0) is 9.53 Å². The molecule has 0 fully saturated rings. The van der Waals surface area contributed by atoms with Gasteiger partial charge in [-0.15, -0.1) is 0 Å². The van der Waals surface area contributed by atoms with Gasteiger partial charge >= 0.3 is 5.97 Å². The average Bonchev–Trinajstić information content (AvgIpc) is 2.51. The van der Waals surface area contributed by atoms with E-state index >= 15 is 0 Å². The second-order valence-electron chi connectivity index (χ2n) is 2.62. The van der Waals surface area contributed by atoms with Gasteiger partial charge in [0.1, 0.15) is 18.4 Å². The lowest BCUT2D eigenvalue weighted by Crippen LogP contribution is -2.08. The number of Topliss-reactive ketones (excluding diaryl/α,β-unsaturated/α-hetero) is 1. The normalized spacial score (nSPS) is 9.69. The number of hydrogen-bond acceptors (Lipinski definition) is 4. The third-order valence-corrected chi connectivity index (χ3v) is 1.59. The summed E-state index contributed by atoms with van der Waals surface area (Å²) in [6, 6.07) is 1.59. The SMILES string of the molecule is COC(=O)CC(=O)c1coc(C)c1. The van der Waals surface area contributed by atoms with Crippen LogP contribution in [0.15, 0.2) is 16.7 Å². The van der Waals surface area contributed by atoms with E-state index in [1.165, 1.54) is 13.4 Å². The van der Waals surface area contributed by atoms with Gasteiger partial charge in [-0.1, -0.05) is 0 Å². The van der Waals surface area contributed by atoms with Crippen molar-refractivity contribution in [3.63, 3.8) is 0 Å². The summed E-state index contributed by atoms with van der Waals surface area (Å²) >= 11 is 0. The molecule has 0 spiro atoms. The molecule has 70 valence electrons. The smallest absolute Gasteiger partial charge is 0.313 e. The predicted octanol–water partition coefficient (Wildman–Crippen LogP) is 1.33. The molecule has 1 rings (SSSR count). The molecule has 1 heterocycles. The first-order valence-electron chi connectivity index (χ1n) is 3.78. The van der Waals surface area contributed by atoms with Gasteiger partial charge in [-0.3, -0.25) is 9.59 Å². The van der Waals surface area contributed by atoms with Crippen molar-refractivity contribution in [1.82, 2.24) is 0 Å². The zero-order chi connectivity index (χ0) is 9.84. The molecular weight excluding hydrogens is 172 g/mol. The Morgan fingerprint density at radius 3 is 2.69 bits per heavy atom. The topological polar surface area (TPSA) is 56.5 Å². The summed E-state index contributed by atoms with van der Waals surface area (Å²) in [5.41, 5.74) is 0.405. The molecule has 0 aliphatic carbocycles. The number of ether oxygens (including phenoxy) is 1. The fourth-order valence-corrected chi connectivity index (χ4v) is 0.895. The van der Waals surface area contributed by atoms with E-state index in [9.17, 15) is 9.59 Å². The molecule has 0 bridgehead atoms. The number of carbonyl (C=O) groups excluding carboxylic acids is 2. The standard InChI is InChI=1S/C9H10O4/c1-6-3-7(5-13-6)8(10)4-9(11)12-2/h3,5H,4H2,1-2H3. The average molecular weight is 182 g/mol. The summed E-state index contributed by atoms with van der Waals surface area (Å²) in [7, 11) is 1.25. The fourth-order valence-electron chi connectivity index (χ4n) is 0.895. The van der Waals surface area contributed by atoms with Gasteiger partial charge in [0.25, 0.3) is 0 Å². The second kappa shape index (κ2) is 3.89. The van der Waals surface area contributed by atoms with Crippen LogP contribution in [0.25, 0.3) is 0 Å². The Morgan fingerprint density at radius 2 is 2.23 bits per heavy atom. The molecule has 0 saturated heterocycles. The van der Waals surface area contributed by atoms with Gasteiger partial charge in [0.05, 0.1) is 12.7 Å². The number of ketones is 1. The van der Waals surface area contributed by atoms with E-state index in [0.29, 0.717) is 11.3 Å². The van der Waals surface area contributed by atoms with Crippen molar-refractivity contribution >= 4 is 11.8 Å². The Morgan fingerprint density at radius 1 is 1.54 bits per heavy atom. The largest absolute Gasteiger partial charge is 0.469 e. The number of furan rings is 1. The van der Waals surface area contributed by atoms with Crippen molar-refractivity contribution in [1.29, 1.82) is 0 Å². The maximum absolute atomic E-state index is 11.3. The van der Waals surface area contributed by atoms with Gasteiger partial charge in [0.2, 0.25) is 0 Å². The predicted molar refractivity (Wildman–Crippen MR) is 44.4 cm³/mol. The van der Waals surface area contributed by atoms with Crippen LogP contribution in [0.1, 0.15) is 22.5 Å². The first-order chi connectivity index (χ1) is 6.13. The van der Waals surface area contributed by atoms with Crippen molar-refractivity contribution in [2.75, 3.05) is 7.11 Å². The molecule has 4 heteroatoms. The molecule has 0 saturated carbocycles. The zero-order valence-electron chi connectivity index (χ0n) is 7.49. The summed E-state index contributed by atoms with van der Waals surface area (Å²) in [6.07, 6.45) is 1.09. The highest BCUT2D eigenvalue weighted by Crippen LogP contribution is 2.08. The lowest BCUT2D eigenvalue weighted by molar-refractivity contribution is -0.139. The minimum Gasteiger partial charge on any atom is -0.469 e. The summed E-state index contributed by atoms with van der Waals surface area (Å²) in [5, 5.41) is 0. The number of hydrogen-bond donors (Lipinski definition) is 0. The first kappa shape index (κ1) is 9.51. The first-order valence-corrected chi connectivity index (χ1v) is 3.78. The highest BCUT2D eigenvalue weighted by molar-refractivity contribution is 6.05. The second-order valence-corrected chi connectivity index (χ2v) is 2.62. The molecule has 0 aliphatic rings. The van der Waals surface area contributed by atoms with Crippen molar-refractivity contribution < 1.29 is 18.7 Å². The molecule has 4 nitrogen and oxygen atoms in total. The van der Waals surface area contributed by atoms with Gasteiger partial charge < -0.3 is 9.15 Å². The van der Waals surface area contributed by atoms with Crippen LogP contribution in [0.2, 0.25) is 0 Å². The summed E-state index contributed by atoms with van der Waals surface area (Å²) in [4.78, 5) is 22.0. The van der Waals surface area contributed by atoms with Crippen molar-refractivity contribution in [2.24, 2.45) is 0 Å². The van der Waals surface area contributed by atoms with Crippen LogP contribution < -0.4 is 0 Å². The Hall–Kier alpha value is -1.58. The Balaban J connectivity index is 2.64. The third kappa shape index (κ3) is 2.43. The number of carbonyl (C=O) groups is 2. The number of aryl methyl sites for hydroxylation is 1. The van der Waals surface area contributed by atoms with Crippen LogP contribution in [0.5, 0.6) is 0 Å². The quantitative estimate of drug-likeness (QED) is 0.402. The lowest BCUT2D eigenvalue weighted by Gasteiger charge is -1.94. The third-order valence-electron chi connectivity index (χ3n) is 1.59. The van der Waals surface area contributed by atoms with Crippen molar-refractivity contribution in [3.05, 3.63) is 23.7 Å². The minimum absolute atomic E-state index is 0.241. The molecule has 13 heavy (non-hydrogen) atoms. The fraction of sp³-hybridized carbons (Fsp3) is 0.333. The number of esters is 1. The maximum Gasteiger partial charge on any atom is 0.313 e. The lowest BCUT2D eigenvalue weighted by atomic mass is 10.1. The van der Waals surface area contributed by atoms with Crippen LogP contribution in [0.4, 0.5) is 0 Å². The monoisotopic (exact) mass is 182 g/mol. The minimum atomic E-state index is -0.538. The maximum atomic E-state index is 11.3. The molecule has 1 aromatic heterocycles. The Kier molecular flexibility index (Phi) is 2.84. The summed E-state index contributed by atoms with van der Waals surface area (Å²) in [6.45, 7) is 1.73. The van der Waals surface area contributed by atoms with E-state index in [4.69, 9.17) is 4.42 Å². The van der Waals surface area contributed by atoms with Gasteiger partial charge in [0.15, 0.2) is 5.78 Å². The van der Waals surface area contributed by atoms with Crippen molar-refractivity contribution in [3.8, 4) is 0 Å². The Bertz CT molecular complexity index is 324. The molecular formula is C9H10O4. The van der Waals surface area contributed by atoms with Gasteiger partial charge in [-0.05, 0) is 13.0 Å². The van der Waals surface area contributed by atoms with E-state index in [-0.39, 0.29) is 12.2 Å². The van der Waals surface area contributed by atoms with E-state index in [1.807, 2.05) is 0 Å². The highest BCUT2D eigenvalue weighted by atomic mass is 16.5. The molecule has 0 aliphatic heterocycles. The molecule has 0 radical (unpaired) electrons. The number of rotatable bonds is 3. The summed E-state index contributed by atoms with van der Waals surface area (Å²) in [5.74, 6) is -0.180. The van der Waals surface area contributed by atoms with Gasteiger partial charge in [-0.25, -0.2) is 0 Å². The van der Waals surface area contributed by atoms with Crippen LogP contribution in [-0.4, -0.2) is 18.9 Å². The van der Waals surface area contributed by atoms with Crippen molar-refractivity contribution in [2.45, 2.75) is 13.3 Å². The van der Waals surface area contributed by atoms with Gasteiger partial charge in [0, 0.05) is 0 Å². The molecule has 0 N–H and O–H groups in total. The Labute approximate surface area is 75.5 Å². The molecule has 0 unspecified atom stereocenters. The van der Waals surface area contributed by atoms with E-state index < -0.39 is 5.97 Å². The van der Waals surface area contributed by atoms with Crippen LogP contribution in [0, 0.1) is 6.92 Å².